The number of carbonyl (C=O) groups is 1. The third-order valence-corrected chi connectivity index (χ3v) is 2.45. The van der Waals surface area contributed by atoms with E-state index in [1.165, 1.54) is 0 Å². The summed E-state index contributed by atoms with van der Waals surface area (Å²) >= 11 is 0. The average molecular weight is 194 g/mol. The lowest BCUT2D eigenvalue weighted by atomic mass is 10.1. The molecule has 76 valence electrons. The quantitative estimate of drug-likeness (QED) is 0.716. The number of hydrogen-bond acceptors (Lipinski definition) is 4. The van der Waals surface area contributed by atoms with E-state index < -0.39 is 0 Å². The minimum atomic E-state index is 0.0389. The Balaban J connectivity index is 1.93. The maximum absolute atomic E-state index is 11.7. The largest absolute Gasteiger partial charge is 0.307 e. The van der Waals surface area contributed by atoms with E-state index in [-0.39, 0.29) is 11.8 Å². The molecule has 1 aliphatic heterocycles. The van der Waals surface area contributed by atoms with E-state index in [9.17, 15) is 4.79 Å². The summed E-state index contributed by atoms with van der Waals surface area (Å²) in [4.78, 5) is 11.7. The summed E-state index contributed by atoms with van der Waals surface area (Å²) in [6.07, 6.45) is 4.23. The van der Waals surface area contributed by atoms with E-state index in [1.54, 1.807) is 17.9 Å². The van der Waals surface area contributed by atoms with Crippen LogP contribution in [0.3, 0.4) is 0 Å². The Morgan fingerprint density at radius 1 is 1.79 bits per heavy atom. The molecule has 2 rings (SSSR count). The van der Waals surface area contributed by atoms with Gasteiger partial charge < -0.3 is 5.32 Å². The predicted octanol–water partition coefficient (Wildman–Crippen LogP) is -0.321. The van der Waals surface area contributed by atoms with E-state index in [0.717, 1.165) is 25.1 Å². The van der Waals surface area contributed by atoms with Crippen molar-refractivity contribution in [2.75, 3.05) is 6.54 Å². The first kappa shape index (κ1) is 9.33. The van der Waals surface area contributed by atoms with Crippen LogP contribution in [0.1, 0.15) is 18.5 Å². The van der Waals surface area contributed by atoms with Gasteiger partial charge in [0.2, 0.25) is 0 Å². The number of rotatable bonds is 3. The highest BCUT2D eigenvalue weighted by Crippen LogP contribution is 2.08. The number of aromatic nitrogens is 3. The molecular weight excluding hydrogens is 180 g/mol. The van der Waals surface area contributed by atoms with Crippen LogP contribution in [0.15, 0.2) is 6.20 Å². The Morgan fingerprint density at radius 2 is 2.64 bits per heavy atom. The molecule has 1 aromatic rings. The monoisotopic (exact) mass is 194 g/mol. The first-order chi connectivity index (χ1) is 6.75. The Morgan fingerprint density at radius 3 is 3.21 bits per heavy atom. The van der Waals surface area contributed by atoms with Crippen LogP contribution < -0.4 is 5.32 Å². The second-order valence-corrected chi connectivity index (χ2v) is 3.68. The van der Waals surface area contributed by atoms with Crippen LogP contribution in [0.4, 0.5) is 0 Å². The zero-order valence-corrected chi connectivity index (χ0v) is 8.23. The van der Waals surface area contributed by atoms with Gasteiger partial charge in [-0.3, -0.25) is 9.48 Å². The summed E-state index contributed by atoms with van der Waals surface area (Å²) < 4.78 is 1.62. The molecule has 1 unspecified atom stereocenters. The van der Waals surface area contributed by atoms with Crippen molar-refractivity contribution in [3.63, 3.8) is 0 Å². The van der Waals surface area contributed by atoms with E-state index in [0.29, 0.717) is 6.42 Å². The number of nitrogens with zero attached hydrogens (tertiary/aromatic N) is 3. The molecular formula is C9H14N4O. The Labute approximate surface area is 82.5 Å². The van der Waals surface area contributed by atoms with Gasteiger partial charge in [0.1, 0.15) is 0 Å². The molecule has 0 amide bonds. The first-order valence-electron chi connectivity index (χ1n) is 4.87. The van der Waals surface area contributed by atoms with Crippen molar-refractivity contribution >= 4 is 5.78 Å². The predicted molar refractivity (Wildman–Crippen MR) is 50.7 cm³/mol. The number of hydrogen-bond donors (Lipinski definition) is 1. The number of aryl methyl sites for hydroxylation is 1. The molecule has 1 atom stereocenters. The fourth-order valence-electron chi connectivity index (χ4n) is 1.74. The summed E-state index contributed by atoms with van der Waals surface area (Å²) in [5.41, 5.74) is 0.756. The molecule has 0 radical (unpaired) electrons. The standard InChI is InChI=1S/C9H14N4O/c1-13-6-7(11-12-13)5-9(14)8-3-2-4-10-8/h6,8,10H,2-5H2,1H3. The maximum Gasteiger partial charge on any atom is 0.155 e. The van der Waals surface area contributed by atoms with E-state index >= 15 is 0 Å². The maximum atomic E-state index is 11.7. The zero-order chi connectivity index (χ0) is 9.97. The minimum Gasteiger partial charge on any atom is -0.307 e. The van der Waals surface area contributed by atoms with Crippen molar-refractivity contribution < 1.29 is 4.79 Å². The molecule has 0 aliphatic carbocycles. The van der Waals surface area contributed by atoms with Gasteiger partial charge in [0.25, 0.3) is 0 Å². The molecule has 0 saturated carbocycles. The summed E-state index contributed by atoms with van der Waals surface area (Å²) in [5.74, 6) is 0.225. The van der Waals surface area contributed by atoms with Gasteiger partial charge in [0.05, 0.1) is 18.2 Å². The lowest BCUT2D eigenvalue weighted by molar-refractivity contribution is -0.120. The first-order valence-corrected chi connectivity index (χ1v) is 4.87. The fourth-order valence-corrected chi connectivity index (χ4v) is 1.74. The molecule has 5 nitrogen and oxygen atoms in total. The molecule has 1 fully saturated rings. The topological polar surface area (TPSA) is 59.8 Å². The summed E-state index contributed by atoms with van der Waals surface area (Å²) in [7, 11) is 1.80. The summed E-state index contributed by atoms with van der Waals surface area (Å²) in [5, 5.41) is 10.9. The Bertz CT molecular complexity index is 327. The van der Waals surface area contributed by atoms with Gasteiger partial charge in [-0.1, -0.05) is 5.21 Å². The SMILES string of the molecule is Cn1cc(CC(=O)C2CCCN2)nn1. The smallest absolute Gasteiger partial charge is 0.155 e. The zero-order valence-electron chi connectivity index (χ0n) is 8.23. The van der Waals surface area contributed by atoms with Gasteiger partial charge in [0, 0.05) is 13.2 Å². The van der Waals surface area contributed by atoms with Crippen molar-refractivity contribution in [2.45, 2.75) is 25.3 Å². The van der Waals surface area contributed by atoms with Crippen LogP contribution in [0.25, 0.3) is 0 Å². The highest BCUT2D eigenvalue weighted by molar-refractivity contribution is 5.85. The number of ketones is 1. The summed E-state index contributed by atoms with van der Waals surface area (Å²) in [6.45, 7) is 0.955. The molecule has 5 heteroatoms. The van der Waals surface area contributed by atoms with Crippen molar-refractivity contribution in [1.29, 1.82) is 0 Å². The van der Waals surface area contributed by atoms with Crippen molar-refractivity contribution in [1.82, 2.24) is 20.3 Å². The normalized spacial score (nSPS) is 21.4. The van der Waals surface area contributed by atoms with Crippen LogP contribution >= 0.6 is 0 Å². The third kappa shape index (κ3) is 1.98. The van der Waals surface area contributed by atoms with E-state index in [4.69, 9.17) is 0 Å². The van der Waals surface area contributed by atoms with Gasteiger partial charge in [-0.05, 0) is 19.4 Å². The molecule has 0 bridgehead atoms. The Kier molecular flexibility index (Phi) is 2.58. The molecule has 0 spiro atoms. The Hall–Kier alpha value is -1.23. The molecule has 1 aromatic heterocycles. The average Bonchev–Trinajstić information content (AvgIpc) is 2.75. The van der Waals surface area contributed by atoms with Crippen molar-refractivity contribution in [2.24, 2.45) is 7.05 Å². The van der Waals surface area contributed by atoms with Gasteiger partial charge in [-0.25, -0.2) is 0 Å². The molecule has 1 saturated heterocycles. The molecule has 2 heterocycles. The lowest BCUT2D eigenvalue weighted by Gasteiger charge is -2.06. The second kappa shape index (κ2) is 3.88. The number of nitrogens with one attached hydrogen (secondary N) is 1. The molecule has 14 heavy (non-hydrogen) atoms. The van der Waals surface area contributed by atoms with E-state index in [1.807, 2.05) is 0 Å². The van der Waals surface area contributed by atoms with Crippen LogP contribution in [0.2, 0.25) is 0 Å². The molecule has 0 aromatic carbocycles. The second-order valence-electron chi connectivity index (χ2n) is 3.68. The van der Waals surface area contributed by atoms with E-state index in [2.05, 4.69) is 15.6 Å². The summed E-state index contributed by atoms with van der Waals surface area (Å²) in [6, 6.07) is 0.0389. The van der Waals surface area contributed by atoms with Crippen LogP contribution in [0.5, 0.6) is 0 Å². The van der Waals surface area contributed by atoms with Crippen molar-refractivity contribution in [3.05, 3.63) is 11.9 Å². The van der Waals surface area contributed by atoms with Crippen LogP contribution in [-0.4, -0.2) is 33.4 Å². The highest BCUT2D eigenvalue weighted by atomic mass is 16.1. The highest BCUT2D eigenvalue weighted by Gasteiger charge is 2.22. The molecule has 1 N–H and O–H groups in total. The van der Waals surface area contributed by atoms with Crippen molar-refractivity contribution in [3.8, 4) is 0 Å². The van der Waals surface area contributed by atoms with Crippen LogP contribution in [0, 0.1) is 0 Å². The van der Waals surface area contributed by atoms with Gasteiger partial charge in [-0.15, -0.1) is 5.10 Å². The van der Waals surface area contributed by atoms with Gasteiger partial charge in [0.15, 0.2) is 5.78 Å². The van der Waals surface area contributed by atoms with Gasteiger partial charge >= 0.3 is 0 Å². The van der Waals surface area contributed by atoms with Gasteiger partial charge in [-0.2, -0.15) is 0 Å². The number of Topliss-reactive ketones (excluding diaryl/α,β-unsaturated/α-hetero) is 1. The fraction of sp³-hybridized carbons (Fsp3) is 0.667. The lowest BCUT2D eigenvalue weighted by Crippen LogP contribution is -2.31. The number of carbonyl (C=O) groups excluding carboxylic acids is 1. The minimum absolute atomic E-state index is 0.0389. The molecule has 1 aliphatic rings. The third-order valence-electron chi connectivity index (χ3n) is 2.45. The van der Waals surface area contributed by atoms with Crippen LogP contribution in [-0.2, 0) is 18.3 Å².